The summed E-state index contributed by atoms with van der Waals surface area (Å²) in [5.41, 5.74) is -0.297. The Bertz CT molecular complexity index is 941. The molecule has 0 bridgehead atoms. The Morgan fingerprint density at radius 2 is 1.62 bits per heavy atom. The summed E-state index contributed by atoms with van der Waals surface area (Å²) in [6.45, 7) is 0. The first-order valence-electron chi connectivity index (χ1n) is 7.03. The Hall–Kier alpha value is -3.02. The molecule has 122 valence electrons. The third-order valence-corrected chi connectivity index (χ3v) is 3.60. The second kappa shape index (κ2) is 6.23. The van der Waals surface area contributed by atoms with E-state index in [0.717, 1.165) is 22.9 Å². The molecule has 3 nitrogen and oxygen atoms in total. The van der Waals surface area contributed by atoms with Gasteiger partial charge in [-0.15, -0.1) is 0 Å². The SMILES string of the molecule is COc1cc2ccccc2cc1C(=O)Nc1ccc(F)c(F)c1F. The second-order valence-corrected chi connectivity index (χ2v) is 5.08. The number of halogens is 3. The van der Waals surface area contributed by atoms with Gasteiger partial charge in [0.2, 0.25) is 0 Å². The molecule has 0 saturated heterocycles. The van der Waals surface area contributed by atoms with Crippen LogP contribution in [0.3, 0.4) is 0 Å². The lowest BCUT2D eigenvalue weighted by Crippen LogP contribution is -2.15. The van der Waals surface area contributed by atoms with Crippen molar-refractivity contribution in [3.8, 4) is 5.75 Å². The summed E-state index contributed by atoms with van der Waals surface area (Å²) >= 11 is 0. The number of hydrogen-bond donors (Lipinski definition) is 1. The molecule has 0 unspecified atom stereocenters. The minimum Gasteiger partial charge on any atom is -0.496 e. The summed E-state index contributed by atoms with van der Waals surface area (Å²) in [5.74, 6) is -4.83. The third kappa shape index (κ3) is 2.78. The topological polar surface area (TPSA) is 38.3 Å². The standard InChI is InChI=1S/C18H12F3NO2/c1-24-15-9-11-5-3-2-4-10(11)8-12(15)18(23)22-14-7-6-13(19)16(20)17(14)21/h2-9H,1H3,(H,22,23). The van der Waals surface area contributed by atoms with Crippen molar-refractivity contribution in [3.63, 3.8) is 0 Å². The van der Waals surface area contributed by atoms with Crippen molar-refractivity contribution in [2.75, 3.05) is 12.4 Å². The van der Waals surface area contributed by atoms with Crippen molar-refractivity contribution in [1.82, 2.24) is 0 Å². The van der Waals surface area contributed by atoms with E-state index >= 15 is 0 Å². The molecular formula is C18H12F3NO2. The van der Waals surface area contributed by atoms with E-state index in [9.17, 15) is 18.0 Å². The minimum atomic E-state index is -1.64. The van der Waals surface area contributed by atoms with Crippen LogP contribution in [0, 0.1) is 17.5 Å². The summed E-state index contributed by atoms with van der Waals surface area (Å²) in [6, 6.07) is 12.3. The van der Waals surface area contributed by atoms with Crippen molar-refractivity contribution < 1.29 is 22.7 Å². The summed E-state index contributed by atoms with van der Waals surface area (Å²) in [4.78, 5) is 12.4. The first kappa shape index (κ1) is 15.9. The highest BCUT2D eigenvalue weighted by atomic mass is 19.2. The van der Waals surface area contributed by atoms with Gasteiger partial charge in [0, 0.05) is 0 Å². The largest absolute Gasteiger partial charge is 0.496 e. The summed E-state index contributed by atoms with van der Waals surface area (Å²) in [7, 11) is 1.40. The van der Waals surface area contributed by atoms with Crippen molar-refractivity contribution >= 4 is 22.4 Å². The lowest BCUT2D eigenvalue weighted by Gasteiger charge is -2.12. The van der Waals surface area contributed by atoms with E-state index in [4.69, 9.17) is 4.74 Å². The number of nitrogens with one attached hydrogen (secondary N) is 1. The van der Waals surface area contributed by atoms with Crippen LogP contribution in [0.5, 0.6) is 5.75 Å². The number of fused-ring (bicyclic) bond motifs is 1. The van der Waals surface area contributed by atoms with Crippen LogP contribution in [0.1, 0.15) is 10.4 Å². The molecule has 3 aromatic carbocycles. The smallest absolute Gasteiger partial charge is 0.259 e. The van der Waals surface area contributed by atoms with E-state index in [1.165, 1.54) is 7.11 Å². The van der Waals surface area contributed by atoms with Crippen LogP contribution in [-0.4, -0.2) is 13.0 Å². The van der Waals surface area contributed by atoms with Gasteiger partial charge in [-0.2, -0.15) is 0 Å². The van der Waals surface area contributed by atoms with Gasteiger partial charge < -0.3 is 10.1 Å². The number of amides is 1. The van der Waals surface area contributed by atoms with Crippen molar-refractivity contribution in [2.24, 2.45) is 0 Å². The third-order valence-electron chi connectivity index (χ3n) is 3.60. The van der Waals surface area contributed by atoms with E-state index < -0.39 is 29.0 Å². The van der Waals surface area contributed by atoms with Gasteiger partial charge >= 0.3 is 0 Å². The van der Waals surface area contributed by atoms with E-state index in [-0.39, 0.29) is 11.3 Å². The van der Waals surface area contributed by atoms with Gasteiger partial charge in [-0.05, 0) is 35.0 Å². The summed E-state index contributed by atoms with van der Waals surface area (Å²) in [5, 5.41) is 3.89. The lowest BCUT2D eigenvalue weighted by atomic mass is 10.1. The number of anilines is 1. The van der Waals surface area contributed by atoms with Crippen LogP contribution in [0.25, 0.3) is 10.8 Å². The number of carbonyl (C=O) groups is 1. The average molecular weight is 331 g/mol. The predicted octanol–water partition coefficient (Wildman–Crippen LogP) is 4.52. The molecule has 0 spiro atoms. The molecule has 0 aliphatic rings. The number of carbonyl (C=O) groups excluding carboxylic acids is 1. The molecule has 3 rings (SSSR count). The molecule has 1 amide bonds. The number of ether oxygens (including phenoxy) is 1. The molecule has 3 aromatic rings. The monoisotopic (exact) mass is 331 g/mol. The maximum atomic E-state index is 13.7. The predicted molar refractivity (Wildman–Crippen MR) is 84.8 cm³/mol. The average Bonchev–Trinajstić information content (AvgIpc) is 2.60. The van der Waals surface area contributed by atoms with Crippen LogP contribution in [0.2, 0.25) is 0 Å². The number of benzene rings is 3. The Kier molecular flexibility index (Phi) is 4.12. The fraction of sp³-hybridized carbons (Fsp3) is 0.0556. The number of hydrogen-bond acceptors (Lipinski definition) is 2. The van der Waals surface area contributed by atoms with Gasteiger partial charge in [0.05, 0.1) is 18.4 Å². The molecule has 0 heterocycles. The van der Waals surface area contributed by atoms with Crippen LogP contribution in [0.15, 0.2) is 48.5 Å². The van der Waals surface area contributed by atoms with Gasteiger partial charge in [-0.25, -0.2) is 13.2 Å². The van der Waals surface area contributed by atoms with Gasteiger partial charge in [-0.1, -0.05) is 24.3 Å². The van der Waals surface area contributed by atoms with Crippen molar-refractivity contribution in [2.45, 2.75) is 0 Å². The molecule has 0 atom stereocenters. The first-order valence-corrected chi connectivity index (χ1v) is 7.03. The van der Waals surface area contributed by atoms with E-state index in [0.29, 0.717) is 0 Å². The maximum Gasteiger partial charge on any atom is 0.259 e. The van der Waals surface area contributed by atoms with Crippen LogP contribution < -0.4 is 10.1 Å². The van der Waals surface area contributed by atoms with Gasteiger partial charge in [-0.3, -0.25) is 4.79 Å². The fourth-order valence-corrected chi connectivity index (χ4v) is 2.38. The van der Waals surface area contributed by atoms with Gasteiger partial charge in [0.25, 0.3) is 5.91 Å². The molecule has 6 heteroatoms. The highest BCUT2D eigenvalue weighted by molar-refractivity contribution is 6.08. The Labute approximate surface area is 135 Å². The Morgan fingerprint density at radius 3 is 2.29 bits per heavy atom. The Morgan fingerprint density at radius 1 is 0.958 bits per heavy atom. The molecule has 1 N–H and O–H groups in total. The van der Waals surface area contributed by atoms with Crippen LogP contribution >= 0.6 is 0 Å². The van der Waals surface area contributed by atoms with E-state index in [2.05, 4.69) is 5.32 Å². The molecular weight excluding hydrogens is 319 g/mol. The fourth-order valence-electron chi connectivity index (χ4n) is 2.38. The van der Waals surface area contributed by atoms with Gasteiger partial charge in [0.1, 0.15) is 5.75 Å². The zero-order valence-corrected chi connectivity index (χ0v) is 12.6. The van der Waals surface area contributed by atoms with E-state index in [1.807, 2.05) is 24.3 Å². The quantitative estimate of drug-likeness (QED) is 0.717. The van der Waals surface area contributed by atoms with Crippen molar-refractivity contribution in [3.05, 3.63) is 71.5 Å². The minimum absolute atomic E-state index is 0.153. The summed E-state index contributed by atoms with van der Waals surface area (Å²) < 4.78 is 45.1. The molecule has 0 aliphatic heterocycles. The van der Waals surface area contributed by atoms with Crippen LogP contribution in [-0.2, 0) is 0 Å². The molecule has 0 fully saturated rings. The number of rotatable bonds is 3. The highest BCUT2D eigenvalue weighted by Gasteiger charge is 2.18. The molecule has 0 radical (unpaired) electrons. The van der Waals surface area contributed by atoms with Crippen LogP contribution in [0.4, 0.5) is 18.9 Å². The zero-order valence-electron chi connectivity index (χ0n) is 12.6. The van der Waals surface area contributed by atoms with Gasteiger partial charge in [0.15, 0.2) is 17.5 Å². The maximum absolute atomic E-state index is 13.7. The molecule has 0 aliphatic carbocycles. The second-order valence-electron chi connectivity index (χ2n) is 5.08. The normalized spacial score (nSPS) is 10.7. The summed E-state index contributed by atoms with van der Waals surface area (Å²) in [6.07, 6.45) is 0. The highest BCUT2D eigenvalue weighted by Crippen LogP contribution is 2.27. The Balaban J connectivity index is 2.01. The lowest BCUT2D eigenvalue weighted by molar-refractivity contribution is 0.102. The molecule has 0 saturated carbocycles. The van der Waals surface area contributed by atoms with E-state index in [1.54, 1.807) is 12.1 Å². The zero-order chi connectivity index (χ0) is 17.3. The molecule has 0 aromatic heterocycles. The number of methoxy groups -OCH3 is 1. The first-order chi connectivity index (χ1) is 11.5. The van der Waals surface area contributed by atoms with Crippen molar-refractivity contribution in [1.29, 1.82) is 0 Å². The molecule has 24 heavy (non-hydrogen) atoms.